The Bertz CT molecular complexity index is 1130. The minimum atomic E-state index is -0.712. The normalized spacial score (nSPS) is 15.2. The molecule has 8 heteroatoms. The van der Waals surface area contributed by atoms with Gasteiger partial charge in [-0.3, -0.25) is 9.69 Å². The first kappa shape index (κ1) is 21.8. The summed E-state index contributed by atoms with van der Waals surface area (Å²) in [5, 5.41) is 5.23. The van der Waals surface area contributed by atoms with Crippen molar-refractivity contribution in [3.05, 3.63) is 59.5 Å². The van der Waals surface area contributed by atoms with E-state index in [1.807, 2.05) is 53.9 Å². The Balaban J connectivity index is 1.53. The van der Waals surface area contributed by atoms with Gasteiger partial charge in [-0.2, -0.15) is 0 Å². The maximum atomic E-state index is 13.2. The maximum absolute atomic E-state index is 13.2. The molecule has 1 aliphatic rings. The quantitative estimate of drug-likeness (QED) is 0.595. The number of amides is 2. The van der Waals surface area contributed by atoms with Gasteiger partial charge in [0.05, 0.1) is 18.5 Å². The van der Waals surface area contributed by atoms with Crippen molar-refractivity contribution in [2.24, 2.45) is 0 Å². The smallest absolute Gasteiger partial charge is 0.415 e. The van der Waals surface area contributed by atoms with Crippen molar-refractivity contribution in [2.75, 3.05) is 17.3 Å². The van der Waals surface area contributed by atoms with Gasteiger partial charge in [-0.15, -0.1) is 11.3 Å². The van der Waals surface area contributed by atoms with E-state index in [1.165, 1.54) is 16.2 Å². The average molecular weight is 452 g/mol. The number of anilines is 2. The van der Waals surface area contributed by atoms with Crippen LogP contribution in [0.15, 0.2) is 53.9 Å². The fourth-order valence-corrected chi connectivity index (χ4v) is 4.27. The lowest BCUT2D eigenvalue weighted by Crippen LogP contribution is -2.47. The second kappa shape index (κ2) is 8.63. The van der Waals surface area contributed by atoms with E-state index in [9.17, 15) is 9.59 Å². The van der Waals surface area contributed by atoms with Gasteiger partial charge in [0.1, 0.15) is 17.4 Å². The Morgan fingerprint density at radius 2 is 1.84 bits per heavy atom. The van der Waals surface area contributed by atoms with Crippen LogP contribution in [0.2, 0.25) is 0 Å². The predicted molar refractivity (Wildman–Crippen MR) is 125 cm³/mol. The van der Waals surface area contributed by atoms with Crippen LogP contribution in [0.4, 0.5) is 15.6 Å². The highest BCUT2D eigenvalue weighted by atomic mass is 32.1. The number of ether oxygens (including phenoxy) is 2. The predicted octanol–water partition coefficient (Wildman–Crippen LogP) is 5.12. The third kappa shape index (κ3) is 4.60. The molecule has 1 N–H and O–H groups in total. The minimum Gasteiger partial charge on any atom is -0.497 e. The lowest BCUT2D eigenvalue weighted by Gasteiger charge is -2.28. The second-order valence-corrected chi connectivity index (χ2v) is 9.31. The molecular weight excluding hydrogens is 426 g/mol. The third-order valence-electron chi connectivity index (χ3n) is 4.99. The second-order valence-electron chi connectivity index (χ2n) is 8.45. The zero-order valence-electron chi connectivity index (χ0n) is 18.4. The maximum Gasteiger partial charge on any atom is 0.415 e. The molecule has 0 bridgehead atoms. The molecule has 2 heterocycles. The van der Waals surface area contributed by atoms with E-state index >= 15 is 0 Å². The molecule has 166 valence electrons. The van der Waals surface area contributed by atoms with Crippen LogP contribution in [-0.2, 0) is 16.0 Å². The van der Waals surface area contributed by atoms with Gasteiger partial charge in [-0.1, -0.05) is 18.2 Å². The average Bonchev–Trinajstić information content (AvgIpc) is 3.37. The van der Waals surface area contributed by atoms with Gasteiger partial charge in [0.25, 0.3) is 0 Å². The molecule has 4 rings (SSSR count). The van der Waals surface area contributed by atoms with E-state index in [-0.39, 0.29) is 5.91 Å². The Kier molecular flexibility index (Phi) is 5.88. The van der Waals surface area contributed by atoms with Crippen LogP contribution >= 0.6 is 11.3 Å². The molecule has 3 aromatic rings. The van der Waals surface area contributed by atoms with Crippen molar-refractivity contribution in [1.82, 2.24) is 4.98 Å². The van der Waals surface area contributed by atoms with Crippen LogP contribution in [-0.4, -0.2) is 35.7 Å². The molecule has 2 amide bonds. The SMILES string of the molecule is COc1ccc(-c2csc(NC(=O)C3Cc4ccccc4N3C(=O)OC(C)(C)C)n2)cc1. The first-order valence-corrected chi connectivity index (χ1v) is 11.1. The van der Waals surface area contributed by atoms with Crippen LogP contribution in [0, 0.1) is 0 Å². The van der Waals surface area contributed by atoms with Crippen LogP contribution in [0.5, 0.6) is 5.75 Å². The number of nitrogens with zero attached hydrogens (tertiary/aromatic N) is 2. The number of benzene rings is 2. The monoisotopic (exact) mass is 451 g/mol. The van der Waals surface area contributed by atoms with Crippen molar-refractivity contribution in [1.29, 1.82) is 0 Å². The number of hydrogen-bond acceptors (Lipinski definition) is 6. The molecule has 2 aromatic carbocycles. The standard InChI is InChI=1S/C24H25N3O4S/c1-24(2,3)31-23(29)27-19-8-6-5-7-16(19)13-20(27)21(28)26-22-25-18(14-32-22)15-9-11-17(30-4)12-10-15/h5-12,14,20H,13H2,1-4H3,(H,25,26,28). The Morgan fingerprint density at radius 1 is 1.12 bits per heavy atom. The van der Waals surface area contributed by atoms with Gasteiger partial charge >= 0.3 is 6.09 Å². The highest BCUT2D eigenvalue weighted by molar-refractivity contribution is 7.14. The van der Waals surface area contributed by atoms with Crippen molar-refractivity contribution in [3.63, 3.8) is 0 Å². The third-order valence-corrected chi connectivity index (χ3v) is 5.75. The van der Waals surface area contributed by atoms with Gasteiger partial charge in [0, 0.05) is 17.4 Å². The molecule has 7 nitrogen and oxygen atoms in total. The van der Waals surface area contributed by atoms with Crippen molar-refractivity contribution in [3.8, 4) is 17.0 Å². The van der Waals surface area contributed by atoms with Crippen LogP contribution in [0.3, 0.4) is 0 Å². The van der Waals surface area contributed by atoms with Crippen LogP contribution in [0.25, 0.3) is 11.3 Å². The Labute approximate surface area is 191 Å². The number of carbonyl (C=O) groups excluding carboxylic acids is 2. The summed E-state index contributed by atoms with van der Waals surface area (Å²) in [6.07, 6.45) is -0.126. The summed E-state index contributed by atoms with van der Waals surface area (Å²) in [5.74, 6) is 0.461. The summed E-state index contributed by atoms with van der Waals surface area (Å²) in [4.78, 5) is 32.1. The first-order valence-electron chi connectivity index (χ1n) is 10.3. The Hall–Kier alpha value is -3.39. The largest absolute Gasteiger partial charge is 0.497 e. The zero-order chi connectivity index (χ0) is 22.9. The number of aromatic nitrogens is 1. The van der Waals surface area contributed by atoms with Gasteiger partial charge < -0.3 is 14.8 Å². The zero-order valence-corrected chi connectivity index (χ0v) is 19.2. The van der Waals surface area contributed by atoms with Gasteiger partial charge in [-0.25, -0.2) is 9.78 Å². The summed E-state index contributed by atoms with van der Waals surface area (Å²) < 4.78 is 10.8. The molecule has 32 heavy (non-hydrogen) atoms. The summed E-state index contributed by atoms with van der Waals surface area (Å²) in [6, 6.07) is 14.3. The molecule has 0 radical (unpaired) electrons. The molecule has 0 saturated heterocycles. The first-order chi connectivity index (χ1) is 15.2. The summed E-state index contributed by atoms with van der Waals surface area (Å²) in [6.45, 7) is 5.41. The molecule has 1 aliphatic heterocycles. The van der Waals surface area contributed by atoms with E-state index in [1.54, 1.807) is 27.9 Å². The fourth-order valence-electron chi connectivity index (χ4n) is 3.55. The number of carbonyl (C=O) groups is 2. The number of para-hydroxylation sites is 1. The molecule has 0 spiro atoms. The van der Waals surface area contributed by atoms with Gasteiger partial charge in [0.15, 0.2) is 5.13 Å². The highest BCUT2D eigenvalue weighted by Gasteiger charge is 2.40. The summed E-state index contributed by atoms with van der Waals surface area (Å²) in [5.41, 5.74) is 2.63. The molecule has 0 aliphatic carbocycles. The topological polar surface area (TPSA) is 80.8 Å². The number of nitrogens with one attached hydrogen (secondary N) is 1. The van der Waals surface area contributed by atoms with Crippen molar-refractivity contribution < 1.29 is 19.1 Å². The Morgan fingerprint density at radius 3 is 2.53 bits per heavy atom. The van der Waals surface area contributed by atoms with Crippen molar-refractivity contribution >= 4 is 34.2 Å². The lowest BCUT2D eigenvalue weighted by atomic mass is 10.1. The molecule has 1 atom stereocenters. The lowest BCUT2D eigenvalue weighted by molar-refractivity contribution is -0.117. The summed E-state index contributed by atoms with van der Waals surface area (Å²) >= 11 is 1.34. The fraction of sp³-hybridized carbons (Fsp3) is 0.292. The number of rotatable bonds is 4. The van der Waals surface area contributed by atoms with E-state index < -0.39 is 17.7 Å². The van der Waals surface area contributed by atoms with Crippen LogP contribution < -0.4 is 15.0 Å². The van der Waals surface area contributed by atoms with Crippen molar-refractivity contribution in [2.45, 2.75) is 38.8 Å². The van der Waals surface area contributed by atoms with Gasteiger partial charge in [0.2, 0.25) is 5.91 Å². The number of thiazole rings is 1. The number of fused-ring (bicyclic) bond motifs is 1. The minimum absolute atomic E-state index is 0.303. The molecule has 1 unspecified atom stereocenters. The number of hydrogen-bond donors (Lipinski definition) is 1. The molecular formula is C24H25N3O4S. The summed E-state index contributed by atoms with van der Waals surface area (Å²) in [7, 11) is 1.62. The van der Waals surface area contributed by atoms with Gasteiger partial charge in [-0.05, 0) is 56.7 Å². The molecule has 1 aromatic heterocycles. The molecule has 0 saturated carbocycles. The van der Waals surface area contributed by atoms with E-state index in [4.69, 9.17) is 9.47 Å². The number of methoxy groups -OCH3 is 1. The van der Waals surface area contributed by atoms with E-state index in [2.05, 4.69) is 10.3 Å². The van der Waals surface area contributed by atoms with E-state index in [0.717, 1.165) is 22.6 Å². The van der Waals surface area contributed by atoms with E-state index in [0.29, 0.717) is 17.2 Å². The van der Waals surface area contributed by atoms with Crippen LogP contribution in [0.1, 0.15) is 26.3 Å². The highest BCUT2D eigenvalue weighted by Crippen LogP contribution is 2.34. The molecule has 0 fully saturated rings.